The van der Waals surface area contributed by atoms with Crippen LogP contribution in [0.3, 0.4) is 0 Å². The average molecular weight is 280 g/mol. The van der Waals surface area contributed by atoms with E-state index >= 15 is 0 Å². The molecule has 0 N–H and O–H groups in total. The molecule has 0 aliphatic heterocycles. The second-order valence-corrected chi connectivity index (χ2v) is 11.1. The second kappa shape index (κ2) is 2.67. The van der Waals surface area contributed by atoms with Crippen molar-refractivity contribution in [1.82, 2.24) is 0 Å². The van der Waals surface area contributed by atoms with Gasteiger partial charge in [0.2, 0.25) is 0 Å². The third kappa shape index (κ3) is 0.703. The van der Waals surface area contributed by atoms with Crippen LogP contribution in [0.2, 0.25) is 0 Å². The van der Waals surface area contributed by atoms with Crippen LogP contribution in [0.15, 0.2) is 0 Å². The van der Waals surface area contributed by atoms with E-state index in [0.717, 1.165) is 11.3 Å². The highest BCUT2D eigenvalue weighted by molar-refractivity contribution is 5.35. The van der Waals surface area contributed by atoms with Crippen LogP contribution in [0.4, 0.5) is 0 Å². The van der Waals surface area contributed by atoms with Gasteiger partial charge < -0.3 is 0 Å². The van der Waals surface area contributed by atoms with Gasteiger partial charge in [0.25, 0.3) is 0 Å². The van der Waals surface area contributed by atoms with Crippen LogP contribution in [0.1, 0.15) is 39.5 Å². The Morgan fingerprint density at radius 1 is 0.571 bits per heavy atom. The van der Waals surface area contributed by atoms with Crippen LogP contribution < -0.4 is 0 Å². The van der Waals surface area contributed by atoms with Crippen molar-refractivity contribution in [2.75, 3.05) is 0 Å². The minimum absolute atomic E-state index is 0.848. The molecule has 8 fully saturated rings. The van der Waals surface area contributed by atoms with Crippen molar-refractivity contribution in [3.8, 4) is 0 Å². The molecule has 0 bridgehead atoms. The predicted molar refractivity (Wildman–Crippen MR) is 81.1 cm³/mol. The van der Waals surface area contributed by atoms with Crippen molar-refractivity contribution in [3.63, 3.8) is 0 Å². The molecule has 0 heteroatoms. The zero-order valence-corrected chi connectivity index (χ0v) is 13.4. The lowest BCUT2D eigenvalue weighted by Gasteiger charge is -2.35. The zero-order valence-electron chi connectivity index (χ0n) is 13.4. The molecule has 8 aliphatic carbocycles. The van der Waals surface area contributed by atoms with Crippen molar-refractivity contribution in [3.05, 3.63) is 0 Å². The van der Waals surface area contributed by atoms with Gasteiger partial charge in [0.05, 0.1) is 0 Å². The summed E-state index contributed by atoms with van der Waals surface area (Å²) in [6.07, 6.45) is 6.60. The van der Waals surface area contributed by atoms with Gasteiger partial charge in [0.15, 0.2) is 0 Å². The van der Waals surface area contributed by atoms with Gasteiger partial charge >= 0.3 is 0 Å². The first-order valence-electron chi connectivity index (χ1n) is 10.2. The van der Waals surface area contributed by atoms with E-state index < -0.39 is 0 Å². The highest BCUT2D eigenvalue weighted by atomic mass is 14.9. The van der Waals surface area contributed by atoms with Crippen LogP contribution in [0, 0.1) is 88.3 Å². The van der Waals surface area contributed by atoms with Crippen molar-refractivity contribution in [1.29, 1.82) is 0 Å². The molecule has 21 heavy (non-hydrogen) atoms. The van der Waals surface area contributed by atoms with E-state index in [9.17, 15) is 0 Å². The molecular formula is C21H28. The highest BCUT2D eigenvalue weighted by Gasteiger charge is 2.88. The van der Waals surface area contributed by atoms with Crippen LogP contribution in [0.25, 0.3) is 0 Å². The van der Waals surface area contributed by atoms with Crippen molar-refractivity contribution < 1.29 is 0 Å². The molecule has 3 unspecified atom stereocenters. The van der Waals surface area contributed by atoms with Crippen molar-refractivity contribution in [2.24, 2.45) is 88.3 Å². The molecule has 0 spiro atoms. The van der Waals surface area contributed by atoms with Gasteiger partial charge in [-0.05, 0) is 114 Å². The quantitative estimate of drug-likeness (QED) is 0.620. The van der Waals surface area contributed by atoms with E-state index in [0.29, 0.717) is 0 Å². The molecule has 0 aromatic rings. The molecule has 0 aromatic heterocycles. The van der Waals surface area contributed by atoms with Crippen molar-refractivity contribution in [2.45, 2.75) is 39.5 Å². The first-order valence-corrected chi connectivity index (χ1v) is 10.2. The summed E-state index contributed by atoms with van der Waals surface area (Å²) in [5, 5.41) is 0. The van der Waals surface area contributed by atoms with E-state index in [4.69, 9.17) is 0 Å². The molecule has 15 atom stereocenters. The minimum Gasteiger partial charge on any atom is -0.0619 e. The van der Waals surface area contributed by atoms with E-state index in [2.05, 4.69) is 13.8 Å². The number of hydrogen-bond donors (Lipinski definition) is 0. The van der Waals surface area contributed by atoms with Gasteiger partial charge in [0.1, 0.15) is 0 Å². The van der Waals surface area contributed by atoms with Crippen LogP contribution >= 0.6 is 0 Å². The van der Waals surface area contributed by atoms with E-state index in [1.54, 1.807) is 25.7 Å². The van der Waals surface area contributed by atoms with E-state index in [-0.39, 0.29) is 0 Å². The van der Waals surface area contributed by atoms with Gasteiger partial charge in [-0.3, -0.25) is 0 Å². The number of fused-ring (bicyclic) bond motifs is 4. The molecule has 0 amide bonds. The fraction of sp³-hybridized carbons (Fsp3) is 1.00. The first kappa shape index (κ1) is 10.7. The Hall–Kier alpha value is 0. The molecule has 0 aromatic carbocycles. The predicted octanol–water partition coefficient (Wildman–Crippen LogP) is 4.31. The lowest BCUT2D eigenvalue weighted by Crippen LogP contribution is -2.30. The third-order valence-electron chi connectivity index (χ3n) is 11.9. The molecule has 0 radical (unpaired) electrons. The summed E-state index contributed by atoms with van der Waals surface area (Å²) in [5.41, 5.74) is 0.848. The minimum atomic E-state index is 0.848. The highest BCUT2D eigenvalue weighted by Crippen LogP contribution is 2.92. The normalized spacial score (nSPS) is 86.0. The molecule has 8 saturated carbocycles. The topological polar surface area (TPSA) is 0 Å². The molecule has 0 heterocycles. The third-order valence-corrected chi connectivity index (χ3v) is 11.9. The molecule has 8 rings (SSSR count). The molecule has 112 valence electrons. The Balaban J connectivity index is 1.52. The fourth-order valence-corrected chi connectivity index (χ4v) is 12.8. The van der Waals surface area contributed by atoms with Crippen LogP contribution in [-0.2, 0) is 0 Å². The monoisotopic (exact) mass is 280 g/mol. The summed E-state index contributed by atoms with van der Waals surface area (Å²) >= 11 is 0. The van der Waals surface area contributed by atoms with E-state index in [1.807, 2.05) is 0 Å². The lowest BCUT2D eigenvalue weighted by atomic mass is 9.69. The Bertz CT molecular complexity index is 541. The summed E-state index contributed by atoms with van der Waals surface area (Å²) in [6, 6.07) is 0. The maximum absolute atomic E-state index is 2.85. The maximum Gasteiger partial charge on any atom is -0.0224 e. The fourth-order valence-electron chi connectivity index (χ4n) is 12.8. The zero-order chi connectivity index (χ0) is 13.4. The SMILES string of the molecule is CC1[C@@H]2[C@@H]3CC[C@H]4C5[C@@H]6CC[C@H]7[C@H]1[C@H]1[C@H]2[C@@H]([C@H]34)C5(C)[C@H]1[C@@H]76. The molecule has 8 aliphatic rings. The van der Waals surface area contributed by atoms with Crippen LogP contribution in [0.5, 0.6) is 0 Å². The molecular weight excluding hydrogens is 252 g/mol. The summed E-state index contributed by atoms with van der Waals surface area (Å²) in [6.45, 7) is 5.58. The Morgan fingerprint density at radius 3 is 1.57 bits per heavy atom. The summed E-state index contributed by atoms with van der Waals surface area (Å²) in [5.74, 6) is 16.9. The average Bonchev–Trinajstić information content (AvgIpc) is 3.16. The number of rotatable bonds is 0. The van der Waals surface area contributed by atoms with Crippen molar-refractivity contribution >= 4 is 0 Å². The van der Waals surface area contributed by atoms with Gasteiger partial charge in [0, 0.05) is 0 Å². The van der Waals surface area contributed by atoms with Gasteiger partial charge in [-0.25, -0.2) is 0 Å². The smallest absolute Gasteiger partial charge is 0.0224 e. The van der Waals surface area contributed by atoms with Crippen LogP contribution in [-0.4, -0.2) is 0 Å². The maximum atomic E-state index is 2.85. The summed E-state index contributed by atoms with van der Waals surface area (Å²) < 4.78 is 0. The van der Waals surface area contributed by atoms with Gasteiger partial charge in [-0.15, -0.1) is 0 Å². The van der Waals surface area contributed by atoms with E-state index in [1.165, 1.54) is 76.9 Å². The van der Waals surface area contributed by atoms with Gasteiger partial charge in [-0.2, -0.15) is 0 Å². The summed E-state index contributed by atoms with van der Waals surface area (Å²) in [7, 11) is 0. The molecule has 0 saturated heterocycles. The Kier molecular flexibility index (Phi) is 1.36. The lowest BCUT2D eigenvalue weighted by molar-refractivity contribution is 0.123. The standard InChI is InChI=1S/C21H28/c1-7-12-8-3-5-10-14(8)19-16(12)17-13(7)9-4-6-11-15(9)20(17)21(19,2)18(10)11/h7-20H,3-6H2,1-2H3/t7?,8-,9-,10+,11+,12-,13+,14-,15+,16-,17-,18?,19-,20+,21?/m0/s1. The van der Waals surface area contributed by atoms with Gasteiger partial charge in [-0.1, -0.05) is 13.8 Å². The number of hydrogen-bond acceptors (Lipinski definition) is 0. The summed E-state index contributed by atoms with van der Waals surface area (Å²) in [4.78, 5) is 0. The second-order valence-electron chi connectivity index (χ2n) is 11.1. The molecule has 0 nitrogen and oxygen atoms in total. The Morgan fingerprint density at radius 2 is 1.05 bits per heavy atom. The Labute approximate surface area is 128 Å². The first-order chi connectivity index (χ1) is 10.2. The largest absolute Gasteiger partial charge is 0.0619 e.